The normalized spacial score (nSPS) is 19.4. The summed E-state index contributed by atoms with van der Waals surface area (Å²) in [6, 6.07) is 4.11. The van der Waals surface area contributed by atoms with Crippen LogP contribution >= 0.6 is 0 Å². The van der Waals surface area contributed by atoms with Crippen molar-refractivity contribution in [3.8, 4) is 11.1 Å². The van der Waals surface area contributed by atoms with Crippen LogP contribution in [0.4, 0.5) is 5.95 Å². The molecule has 2 fully saturated rings. The van der Waals surface area contributed by atoms with Crippen molar-refractivity contribution in [2.45, 2.75) is 43.9 Å². The van der Waals surface area contributed by atoms with Crippen LogP contribution in [0.25, 0.3) is 27.8 Å². The van der Waals surface area contributed by atoms with E-state index in [1.807, 2.05) is 35.1 Å². The summed E-state index contributed by atoms with van der Waals surface area (Å²) in [4.78, 5) is 27.9. The Morgan fingerprint density at radius 2 is 2.03 bits per heavy atom. The first-order valence-corrected chi connectivity index (χ1v) is 10.8. The van der Waals surface area contributed by atoms with E-state index in [1.54, 1.807) is 6.20 Å². The van der Waals surface area contributed by atoms with Crippen LogP contribution < -0.4 is 10.9 Å². The maximum atomic E-state index is 12.9. The summed E-state index contributed by atoms with van der Waals surface area (Å²) in [5.41, 5.74) is 3.01. The van der Waals surface area contributed by atoms with E-state index in [0.29, 0.717) is 17.0 Å². The average Bonchev–Trinajstić information content (AvgIpc) is 3.43. The molecule has 1 aliphatic heterocycles. The Bertz CT molecular complexity index is 1290. The van der Waals surface area contributed by atoms with Crippen molar-refractivity contribution in [2.75, 3.05) is 18.5 Å². The molecule has 9 nitrogen and oxygen atoms in total. The first-order valence-electron chi connectivity index (χ1n) is 10.8. The fourth-order valence-electron chi connectivity index (χ4n) is 4.72. The Hall–Kier alpha value is -3.17. The molecule has 3 N–H and O–H groups in total. The highest BCUT2D eigenvalue weighted by molar-refractivity contribution is 5.93. The van der Waals surface area contributed by atoms with E-state index in [-0.39, 0.29) is 11.6 Å². The van der Waals surface area contributed by atoms with Gasteiger partial charge >= 0.3 is 0 Å². The predicted molar refractivity (Wildman–Crippen MR) is 116 cm³/mol. The number of rotatable bonds is 3. The van der Waals surface area contributed by atoms with Gasteiger partial charge in [-0.2, -0.15) is 4.98 Å². The molecule has 1 saturated heterocycles. The van der Waals surface area contributed by atoms with Gasteiger partial charge in [-0.05, 0) is 31.4 Å². The van der Waals surface area contributed by atoms with Crippen molar-refractivity contribution in [3.05, 3.63) is 47.3 Å². The second-order valence-corrected chi connectivity index (χ2v) is 8.33. The maximum Gasteiger partial charge on any atom is 0.262 e. The molecule has 5 heterocycles. The van der Waals surface area contributed by atoms with Crippen LogP contribution in [0.2, 0.25) is 0 Å². The summed E-state index contributed by atoms with van der Waals surface area (Å²) in [7, 11) is 0. The minimum atomic E-state index is -0.411. The quantitative estimate of drug-likeness (QED) is 0.470. The van der Waals surface area contributed by atoms with E-state index in [4.69, 9.17) is 9.47 Å². The van der Waals surface area contributed by atoms with Gasteiger partial charge in [0.2, 0.25) is 5.95 Å². The molecule has 1 aliphatic carbocycles. The van der Waals surface area contributed by atoms with Crippen molar-refractivity contribution >= 4 is 22.6 Å². The Morgan fingerprint density at radius 1 is 1.19 bits per heavy atom. The highest BCUT2D eigenvalue weighted by Gasteiger charge is 2.39. The zero-order valence-electron chi connectivity index (χ0n) is 17.1. The Balaban J connectivity index is 1.24. The zero-order valence-corrected chi connectivity index (χ0v) is 17.1. The zero-order chi connectivity index (χ0) is 20.8. The van der Waals surface area contributed by atoms with E-state index in [0.717, 1.165) is 62.1 Å². The van der Waals surface area contributed by atoms with Gasteiger partial charge < -0.3 is 24.2 Å². The number of ether oxygens (including phenoxy) is 2. The van der Waals surface area contributed by atoms with Crippen LogP contribution in [0.1, 0.15) is 32.1 Å². The summed E-state index contributed by atoms with van der Waals surface area (Å²) >= 11 is 0. The largest absolute Gasteiger partial charge is 0.353 e. The first-order chi connectivity index (χ1) is 15.2. The van der Waals surface area contributed by atoms with Crippen LogP contribution in [-0.4, -0.2) is 49.4 Å². The molecule has 9 heteroatoms. The number of aromatic amines is 2. The number of H-pyrrole nitrogens is 2. The number of aromatic nitrogens is 5. The number of pyridine rings is 1. The summed E-state index contributed by atoms with van der Waals surface area (Å²) in [6.07, 6.45) is 11.9. The molecule has 4 aromatic heterocycles. The molecule has 0 radical (unpaired) electrons. The number of fused-ring (bicyclic) bond motifs is 2. The number of hydrogen-bond donors (Lipinski definition) is 3. The number of imidazole rings is 1. The van der Waals surface area contributed by atoms with Gasteiger partial charge in [-0.15, -0.1) is 0 Å². The molecule has 1 spiro atoms. The fraction of sp³-hybridized carbons (Fsp3) is 0.409. The van der Waals surface area contributed by atoms with Crippen LogP contribution in [0.15, 0.2) is 41.7 Å². The van der Waals surface area contributed by atoms with Crippen molar-refractivity contribution in [2.24, 2.45) is 0 Å². The van der Waals surface area contributed by atoms with Crippen molar-refractivity contribution in [1.82, 2.24) is 24.3 Å². The Labute approximate surface area is 177 Å². The SMILES string of the molecule is O=c1[nH]c(NC2CCC3(CC2)OCCCO3)nc2[nH]cc(-c3ccc4nccn4c3)c12. The van der Waals surface area contributed by atoms with E-state index < -0.39 is 5.79 Å². The summed E-state index contributed by atoms with van der Waals surface area (Å²) in [5.74, 6) is 0.0775. The van der Waals surface area contributed by atoms with E-state index in [1.165, 1.54) is 0 Å². The van der Waals surface area contributed by atoms with E-state index >= 15 is 0 Å². The third-order valence-corrected chi connectivity index (χ3v) is 6.35. The smallest absolute Gasteiger partial charge is 0.262 e. The van der Waals surface area contributed by atoms with Gasteiger partial charge in [-0.3, -0.25) is 9.78 Å². The van der Waals surface area contributed by atoms with Crippen LogP contribution in [-0.2, 0) is 9.47 Å². The average molecular weight is 420 g/mol. The molecule has 1 saturated carbocycles. The number of nitrogens with one attached hydrogen (secondary N) is 3. The molecule has 0 aromatic carbocycles. The highest BCUT2D eigenvalue weighted by atomic mass is 16.7. The van der Waals surface area contributed by atoms with Gasteiger partial charge in [0, 0.05) is 54.8 Å². The molecule has 0 amide bonds. The monoisotopic (exact) mass is 420 g/mol. The Kier molecular flexibility index (Phi) is 4.32. The van der Waals surface area contributed by atoms with Gasteiger partial charge in [-0.1, -0.05) is 0 Å². The van der Waals surface area contributed by atoms with Crippen LogP contribution in [0.3, 0.4) is 0 Å². The lowest BCUT2D eigenvalue weighted by Gasteiger charge is -2.42. The second-order valence-electron chi connectivity index (χ2n) is 8.33. The standard InChI is InChI=1S/C22H24N6O3/c29-20-18-16(14-2-3-17-23-8-9-28(17)13-14)12-24-19(18)26-21(27-20)25-15-4-6-22(7-5-15)30-10-1-11-31-22/h2-3,8-9,12-13,15H,1,4-7,10-11H2,(H3,24,25,26,27,29). The number of nitrogens with zero attached hydrogens (tertiary/aromatic N) is 3. The van der Waals surface area contributed by atoms with Crippen molar-refractivity contribution < 1.29 is 9.47 Å². The third kappa shape index (κ3) is 3.30. The molecule has 160 valence electrons. The van der Waals surface area contributed by atoms with E-state index in [2.05, 4.69) is 25.3 Å². The molecule has 0 unspecified atom stereocenters. The summed E-state index contributed by atoms with van der Waals surface area (Å²) < 4.78 is 13.8. The van der Waals surface area contributed by atoms with Gasteiger partial charge in [0.15, 0.2) is 5.79 Å². The first kappa shape index (κ1) is 18.6. The van der Waals surface area contributed by atoms with Gasteiger partial charge in [0.05, 0.1) is 18.6 Å². The predicted octanol–water partition coefficient (Wildman–Crippen LogP) is 3.05. The molecule has 0 atom stereocenters. The molecule has 6 rings (SSSR count). The number of anilines is 1. The summed E-state index contributed by atoms with van der Waals surface area (Å²) in [6.45, 7) is 1.54. The lowest BCUT2D eigenvalue weighted by molar-refractivity contribution is -0.280. The molecule has 31 heavy (non-hydrogen) atoms. The third-order valence-electron chi connectivity index (χ3n) is 6.35. The second kappa shape index (κ2) is 7.21. The highest BCUT2D eigenvalue weighted by Crippen LogP contribution is 2.36. The minimum absolute atomic E-state index is 0.166. The molecule has 4 aromatic rings. The molecular formula is C22H24N6O3. The van der Waals surface area contributed by atoms with Gasteiger partial charge in [0.1, 0.15) is 11.3 Å². The summed E-state index contributed by atoms with van der Waals surface area (Å²) in [5, 5.41) is 3.95. The van der Waals surface area contributed by atoms with Crippen LogP contribution in [0.5, 0.6) is 0 Å². The van der Waals surface area contributed by atoms with Crippen molar-refractivity contribution in [1.29, 1.82) is 0 Å². The lowest BCUT2D eigenvalue weighted by atomic mass is 9.89. The van der Waals surface area contributed by atoms with E-state index in [9.17, 15) is 4.79 Å². The molecular weight excluding hydrogens is 396 g/mol. The van der Waals surface area contributed by atoms with Gasteiger partial charge in [-0.25, -0.2) is 4.98 Å². The molecule has 2 aliphatic rings. The van der Waals surface area contributed by atoms with Crippen LogP contribution in [0, 0.1) is 0 Å². The van der Waals surface area contributed by atoms with Crippen molar-refractivity contribution in [3.63, 3.8) is 0 Å². The molecule has 0 bridgehead atoms. The topological polar surface area (TPSA) is 109 Å². The minimum Gasteiger partial charge on any atom is -0.353 e. The van der Waals surface area contributed by atoms with Gasteiger partial charge in [0.25, 0.3) is 5.56 Å². The number of hydrogen-bond acceptors (Lipinski definition) is 6. The lowest BCUT2D eigenvalue weighted by Crippen LogP contribution is -2.45. The Morgan fingerprint density at radius 3 is 2.87 bits per heavy atom. The maximum absolute atomic E-state index is 12.9. The fourth-order valence-corrected chi connectivity index (χ4v) is 4.72.